The zero-order valence-corrected chi connectivity index (χ0v) is 27.5. The van der Waals surface area contributed by atoms with Crippen molar-refractivity contribution in [3.8, 4) is 34.8 Å². The average molecular weight is 665 g/mol. The van der Waals surface area contributed by atoms with E-state index in [1.165, 1.54) is 25.8 Å². The van der Waals surface area contributed by atoms with Crippen molar-refractivity contribution in [2.24, 2.45) is 0 Å². The Labute approximate surface area is 275 Å². The maximum Gasteiger partial charge on any atom is 0.329 e. The van der Waals surface area contributed by atoms with E-state index >= 15 is 0 Å². The standard InChI is InChI=1S/C33H36N4O9S/c1-6-21(39)35-18-11-47-32-24-23(31-30(44-12-45-31)14(3)29(24)46-15(4)38)20(10-43-33(18)41)37-19(9-34)17-8-16-7-13(2)28(42-5)27(40)22(16)25(36-17)26(32)37/h7,17-20,25-26,32,36,40H,6,8,10-12H2,1-5H3,(H,35,39)/t17?,18?,19-,20-,25?,26?,32+/m0/s1. The fraction of sp³-hybridized carbons (Fsp3) is 0.515. The Morgan fingerprint density at radius 1 is 1.19 bits per heavy atom. The summed E-state index contributed by atoms with van der Waals surface area (Å²) in [4.78, 5) is 40.7. The third kappa shape index (κ3) is 4.77. The molecule has 4 unspecified atom stereocenters. The molecule has 2 aromatic rings. The van der Waals surface area contributed by atoms with Crippen molar-refractivity contribution in [1.82, 2.24) is 15.5 Å². The number of ether oxygens (including phenoxy) is 5. The van der Waals surface area contributed by atoms with Gasteiger partial charge in [-0.3, -0.25) is 14.5 Å². The number of piperazine rings is 1. The number of rotatable bonds is 4. The van der Waals surface area contributed by atoms with Crippen LogP contribution < -0.4 is 29.6 Å². The van der Waals surface area contributed by atoms with Crippen LogP contribution in [0, 0.1) is 25.2 Å². The van der Waals surface area contributed by atoms with Gasteiger partial charge in [-0.25, -0.2) is 4.79 Å². The number of benzene rings is 2. The Hall–Kier alpha value is -4.19. The molecule has 3 N–H and O–H groups in total. The Kier molecular flexibility index (Phi) is 7.89. The molecule has 7 atom stereocenters. The molecule has 2 saturated heterocycles. The lowest BCUT2D eigenvalue weighted by Crippen LogP contribution is -2.69. The van der Waals surface area contributed by atoms with E-state index in [9.17, 15) is 24.8 Å². The van der Waals surface area contributed by atoms with Crippen LogP contribution in [0.3, 0.4) is 0 Å². The topological polar surface area (TPSA) is 169 Å². The zero-order chi connectivity index (χ0) is 33.3. The van der Waals surface area contributed by atoms with Crippen LogP contribution in [0.25, 0.3) is 0 Å². The van der Waals surface area contributed by atoms with Gasteiger partial charge < -0.3 is 39.4 Å². The fourth-order valence-electron chi connectivity index (χ4n) is 7.97. The smallest absolute Gasteiger partial charge is 0.329 e. The number of aromatic hydroxyl groups is 1. The summed E-state index contributed by atoms with van der Waals surface area (Å²) in [5.74, 6) is 0.306. The van der Waals surface area contributed by atoms with Crippen molar-refractivity contribution < 1.29 is 43.2 Å². The van der Waals surface area contributed by atoms with Gasteiger partial charge in [0.05, 0.1) is 30.5 Å². The minimum absolute atomic E-state index is 0.0218. The first-order chi connectivity index (χ1) is 22.6. The van der Waals surface area contributed by atoms with Crippen molar-refractivity contribution in [2.75, 3.05) is 26.3 Å². The molecule has 14 heteroatoms. The van der Waals surface area contributed by atoms with Gasteiger partial charge in [0.25, 0.3) is 0 Å². The second-order valence-corrected chi connectivity index (χ2v) is 13.6. The first-order valence-electron chi connectivity index (χ1n) is 15.6. The number of aryl methyl sites for hydroxylation is 1. The number of esters is 2. The molecule has 2 aromatic carbocycles. The number of nitrogens with zero attached hydrogens (tertiary/aromatic N) is 2. The normalized spacial score (nSPS) is 28.6. The molecule has 8 rings (SSSR count). The van der Waals surface area contributed by atoms with Crippen molar-refractivity contribution in [3.05, 3.63) is 39.4 Å². The van der Waals surface area contributed by atoms with Crippen LogP contribution >= 0.6 is 11.8 Å². The van der Waals surface area contributed by atoms with E-state index in [1.807, 2.05) is 13.0 Å². The van der Waals surface area contributed by atoms with Crippen LogP contribution in [0.5, 0.6) is 28.7 Å². The maximum atomic E-state index is 13.5. The second-order valence-electron chi connectivity index (χ2n) is 12.4. The van der Waals surface area contributed by atoms with Gasteiger partial charge in [-0.05, 0) is 31.4 Å². The number of nitrogens with one attached hydrogen (secondary N) is 2. The van der Waals surface area contributed by atoms with Crippen LogP contribution in [0.15, 0.2) is 6.07 Å². The Morgan fingerprint density at radius 2 is 1.96 bits per heavy atom. The van der Waals surface area contributed by atoms with Crippen molar-refractivity contribution in [1.29, 1.82) is 5.26 Å². The molecule has 6 aliphatic heterocycles. The van der Waals surface area contributed by atoms with Crippen LogP contribution in [-0.2, 0) is 25.5 Å². The van der Waals surface area contributed by atoms with E-state index in [4.69, 9.17) is 23.7 Å². The molecule has 13 nitrogen and oxygen atoms in total. The van der Waals surface area contributed by atoms with Gasteiger partial charge in [-0.2, -0.15) is 5.26 Å². The summed E-state index contributed by atoms with van der Waals surface area (Å²) in [6.07, 6.45) is 0.659. The van der Waals surface area contributed by atoms with E-state index in [1.54, 1.807) is 13.8 Å². The number of nitriles is 1. The predicted octanol–water partition coefficient (Wildman–Crippen LogP) is 2.78. The number of amides is 1. The number of hydrogen-bond acceptors (Lipinski definition) is 13. The molecule has 1 amide bonds. The lowest BCUT2D eigenvalue weighted by atomic mass is 9.72. The predicted molar refractivity (Wildman–Crippen MR) is 168 cm³/mol. The largest absolute Gasteiger partial charge is 0.504 e. The van der Waals surface area contributed by atoms with Crippen LogP contribution in [0.2, 0.25) is 0 Å². The average Bonchev–Trinajstić information content (AvgIpc) is 3.53. The van der Waals surface area contributed by atoms with Gasteiger partial charge in [0, 0.05) is 53.4 Å². The van der Waals surface area contributed by atoms with E-state index in [2.05, 4.69) is 21.6 Å². The Morgan fingerprint density at radius 3 is 2.66 bits per heavy atom. The van der Waals surface area contributed by atoms with Crippen molar-refractivity contribution in [3.63, 3.8) is 0 Å². The SMILES string of the molecule is CCC(=O)NC1CS[C@@H]2c3c(OC(C)=O)c(C)c4c(c3[C@H](COC1=O)N1C2C2NC(Cc3cc(C)c(OC)c(O)c32)[C@@H]1C#N)OCO4. The summed E-state index contributed by atoms with van der Waals surface area (Å²) in [5, 5.41) is 28.4. The molecule has 6 aliphatic rings. The van der Waals surface area contributed by atoms with Gasteiger partial charge in [-0.1, -0.05) is 13.0 Å². The third-order valence-corrected chi connectivity index (χ3v) is 11.2. The molecule has 0 aromatic heterocycles. The highest BCUT2D eigenvalue weighted by Crippen LogP contribution is 2.62. The molecule has 248 valence electrons. The van der Waals surface area contributed by atoms with E-state index in [0.717, 1.165) is 11.1 Å². The summed E-state index contributed by atoms with van der Waals surface area (Å²) >= 11 is 1.39. The first-order valence-corrected chi connectivity index (χ1v) is 16.7. The number of fused-ring (bicyclic) bond motifs is 10. The molecule has 0 aliphatic carbocycles. The number of thioether (sulfide) groups is 1. The van der Waals surface area contributed by atoms with E-state index < -0.39 is 47.4 Å². The highest BCUT2D eigenvalue weighted by Gasteiger charge is 2.59. The highest BCUT2D eigenvalue weighted by atomic mass is 32.2. The van der Waals surface area contributed by atoms with Gasteiger partial charge >= 0.3 is 11.9 Å². The van der Waals surface area contributed by atoms with E-state index in [0.29, 0.717) is 51.7 Å². The van der Waals surface area contributed by atoms with Crippen LogP contribution in [-0.4, -0.2) is 78.3 Å². The summed E-state index contributed by atoms with van der Waals surface area (Å²) in [7, 11) is 1.51. The molecular formula is C33H36N4O9S. The van der Waals surface area contributed by atoms with Crippen molar-refractivity contribution in [2.45, 2.75) is 82.0 Å². The minimum Gasteiger partial charge on any atom is -0.504 e. The molecule has 47 heavy (non-hydrogen) atoms. The monoisotopic (exact) mass is 664 g/mol. The molecule has 4 bridgehead atoms. The lowest BCUT2D eigenvalue weighted by molar-refractivity contribution is -0.150. The Balaban J connectivity index is 1.51. The number of carbonyl (C=O) groups excluding carboxylic acids is 3. The number of hydrogen-bond donors (Lipinski definition) is 3. The molecule has 6 heterocycles. The minimum atomic E-state index is -0.943. The van der Waals surface area contributed by atoms with Gasteiger partial charge in [0.15, 0.2) is 23.0 Å². The summed E-state index contributed by atoms with van der Waals surface area (Å²) in [6.45, 7) is 6.47. The molecule has 2 fully saturated rings. The molecule has 0 saturated carbocycles. The van der Waals surface area contributed by atoms with Crippen LogP contribution in [0.1, 0.15) is 71.0 Å². The van der Waals surface area contributed by atoms with E-state index in [-0.39, 0.29) is 43.3 Å². The maximum absolute atomic E-state index is 13.5. The van der Waals surface area contributed by atoms with Crippen LogP contribution in [0.4, 0.5) is 0 Å². The second kappa shape index (κ2) is 11.8. The van der Waals surface area contributed by atoms with Crippen molar-refractivity contribution >= 4 is 29.6 Å². The number of phenolic OH excluding ortho intramolecular Hbond substituents is 1. The summed E-state index contributed by atoms with van der Waals surface area (Å²) in [6, 6.07) is 0.828. The van der Waals surface area contributed by atoms with Gasteiger partial charge in [0.2, 0.25) is 12.7 Å². The van der Waals surface area contributed by atoms with Gasteiger partial charge in [0.1, 0.15) is 24.4 Å². The van der Waals surface area contributed by atoms with Gasteiger partial charge in [-0.15, -0.1) is 11.8 Å². The summed E-state index contributed by atoms with van der Waals surface area (Å²) < 4.78 is 29.5. The number of carbonyl (C=O) groups is 3. The first kappa shape index (κ1) is 31.4. The summed E-state index contributed by atoms with van der Waals surface area (Å²) in [5.41, 5.74) is 4.23. The molecule has 0 spiro atoms. The number of methoxy groups -OCH3 is 1. The number of phenols is 1. The zero-order valence-electron chi connectivity index (χ0n) is 26.7. The molecule has 0 radical (unpaired) electrons. The Bertz CT molecular complexity index is 1740. The fourth-order valence-corrected chi connectivity index (χ4v) is 9.48. The molecular weight excluding hydrogens is 628 g/mol. The quantitative estimate of drug-likeness (QED) is 0.323. The lowest BCUT2D eigenvalue weighted by Gasteiger charge is -2.59. The third-order valence-electron chi connectivity index (χ3n) is 9.81. The highest BCUT2D eigenvalue weighted by molar-refractivity contribution is 7.99.